The Morgan fingerprint density at radius 3 is 2.38 bits per heavy atom. The first kappa shape index (κ1) is 22.9. The number of carbonyl (C=O) groups excluding carboxylic acids is 1. The normalized spacial score (nSPS) is 21.4. The van der Waals surface area contributed by atoms with Gasteiger partial charge in [-0.3, -0.25) is 0 Å². The van der Waals surface area contributed by atoms with E-state index in [2.05, 4.69) is 6.92 Å². The van der Waals surface area contributed by atoms with Crippen LogP contribution in [0.1, 0.15) is 44.1 Å². The Morgan fingerprint density at radius 2 is 1.92 bits per heavy atom. The lowest BCUT2D eigenvalue weighted by Gasteiger charge is -2.32. The smallest absolute Gasteiger partial charge is 0.102 e. The third-order valence-corrected chi connectivity index (χ3v) is 5.65. The molecule has 146 valence electrons. The van der Waals surface area contributed by atoms with Crippen LogP contribution in [0.5, 0.6) is 0 Å². The SMILES string of the molecule is Br.CC[N+]1(CCO)CCCC1.O=C([O-])C(c1ccccc1)C1C=CCC1. The Morgan fingerprint density at radius 1 is 1.27 bits per heavy atom. The third-order valence-electron chi connectivity index (χ3n) is 5.65. The minimum Gasteiger partial charge on any atom is -0.549 e. The molecule has 1 aromatic carbocycles. The Hall–Kier alpha value is -1.17. The summed E-state index contributed by atoms with van der Waals surface area (Å²) in [5, 5.41) is 19.9. The predicted octanol–water partition coefficient (Wildman–Crippen LogP) is 2.67. The first-order valence-corrected chi connectivity index (χ1v) is 9.50. The van der Waals surface area contributed by atoms with Crippen molar-refractivity contribution in [3.8, 4) is 0 Å². The molecule has 0 spiro atoms. The van der Waals surface area contributed by atoms with Crippen molar-refractivity contribution in [1.82, 2.24) is 0 Å². The molecule has 0 saturated carbocycles. The van der Waals surface area contributed by atoms with Gasteiger partial charge in [0, 0.05) is 24.7 Å². The Kier molecular flexibility index (Phi) is 10.1. The van der Waals surface area contributed by atoms with Crippen LogP contribution in [0.4, 0.5) is 0 Å². The van der Waals surface area contributed by atoms with E-state index in [1.54, 1.807) is 0 Å². The van der Waals surface area contributed by atoms with Gasteiger partial charge in [0.05, 0.1) is 26.2 Å². The monoisotopic (exact) mass is 425 g/mol. The zero-order chi connectivity index (χ0) is 18.1. The van der Waals surface area contributed by atoms with E-state index in [0.717, 1.165) is 29.4 Å². The molecule has 3 rings (SSSR count). The van der Waals surface area contributed by atoms with Crippen LogP contribution in [0, 0.1) is 5.92 Å². The van der Waals surface area contributed by atoms with E-state index in [1.165, 1.54) is 32.5 Å². The second kappa shape index (κ2) is 11.5. The van der Waals surface area contributed by atoms with Crippen molar-refractivity contribution in [2.75, 3.05) is 32.8 Å². The highest BCUT2D eigenvalue weighted by atomic mass is 79.9. The summed E-state index contributed by atoms with van der Waals surface area (Å²) in [6.45, 7) is 7.32. The number of aliphatic hydroxyl groups is 1. The Balaban J connectivity index is 0.000000270. The van der Waals surface area contributed by atoms with Gasteiger partial charge in [0.25, 0.3) is 0 Å². The van der Waals surface area contributed by atoms with Gasteiger partial charge in [-0.2, -0.15) is 0 Å². The summed E-state index contributed by atoms with van der Waals surface area (Å²) < 4.78 is 1.16. The molecule has 1 saturated heterocycles. The molecule has 2 unspecified atom stereocenters. The van der Waals surface area contributed by atoms with Crippen LogP contribution in [0.25, 0.3) is 0 Å². The molecule has 0 amide bonds. The van der Waals surface area contributed by atoms with Crippen LogP contribution in [-0.4, -0.2) is 48.3 Å². The lowest BCUT2D eigenvalue weighted by Crippen LogP contribution is -2.46. The number of aliphatic hydroxyl groups excluding tert-OH is 1. The number of carboxylic acids is 1. The van der Waals surface area contributed by atoms with Gasteiger partial charge in [-0.25, -0.2) is 0 Å². The second-order valence-electron chi connectivity index (χ2n) is 7.14. The predicted molar refractivity (Wildman–Crippen MR) is 108 cm³/mol. The fraction of sp³-hybridized carbons (Fsp3) is 0.571. The van der Waals surface area contributed by atoms with Crippen molar-refractivity contribution in [3.63, 3.8) is 0 Å². The number of rotatable bonds is 6. The minimum atomic E-state index is -0.974. The van der Waals surface area contributed by atoms with E-state index in [1.807, 2.05) is 42.5 Å². The zero-order valence-corrected chi connectivity index (χ0v) is 17.4. The molecular weight excluding hydrogens is 394 g/mol. The lowest BCUT2D eigenvalue weighted by atomic mass is 9.86. The summed E-state index contributed by atoms with van der Waals surface area (Å²) in [6.07, 6.45) is 8.63. The quantitative estimate of drug-likeness (QED) is 0.562. The number of hydrogen-bond acceptors (Lipinski definition) is 3. The third kappa shape index (κ3) is 6.22. The van der Waals surface area contributed by atoms with Crippen molar-refractivity contribution in [1.29, 1.82) is 0 Å². The number of aliphatic carboxylic acids is 1. The number of carboxylic acid groups (broad SMARTS) is 1. The first-order chi connectivity index (χ1) is 12.1. The molecule has 2 aliphatic rings. The van der Waals surface area contributed by atoms with E-state index in [4.69, 9.17) is 5.11 Å². The highest BCUT2D eigenvalue weighted by molar-refractivity contribution is 8.93. The largest absolute Gasteiger partial charge is 0.549 e. The number of nitrogens with zero attached hydrogens (tertiary/aromatic N) is 1. The molecule has 0 aromatic heterocycles. The maximum atomic E-state index is 11.1. The Labute approximate surface area is 167 Å². The van der Waals surface area contributed by atoms with Crippen molar-refractivity contribution in [2.24, 2.45) is 5.92 Å². The van der Waals surface area contributed by atoms with Crippen LogP contribution in [0.2, 0.25) is 0 Å². The van der Waals surface area contributed by atoms with Crippen LogP contribution in [0.15, 0.2) is 42.5 Å². The summed E-state index contributed by atoms with van der Waals surface area (Å²) in [6, 6.07) is 9.33. The van der Waals surface area contributed by atoms with E-state index in [0.29, 0.717) is 6.61 Å². The lowest BCUT2D eigenvalue weighted by molar-refractivity contribution is -0.915. The number of quaternary nitrogens is 1. The second-order valence-corrected chi connectivity index (χ2v) is 7.14. The van der Waals surface area contributed by atoms with Gasteiger partial charge in [0.1, 0.15) is 6.54 Å². The van der Waals surface area contributed by atoms with Crippen LogP contribution >= 0.6 is 17.0 Å². The van der Waals surface area contributed by atoms with Gasteiger partial charge in [-0.1, -0.05) is 42.5 Å². The number of likely N-dealkylation sites (N-methyl/N-ethyl adjacent to an activating group) is 1. The van der Waals surface area contributed by atoms with Crippen molar-refractivity contribution >= 4 is 23.0 Å². The van der Waals surface area contributed by atoms with Gasteiger partial charge < -0.3 is 19.5 Å². The molecule has 2 atom stereocenters. The summed E-state index contributed by atoms with van der Waals surface area (Å²) in [5.41, 5.74) is 0.842. The number of carbonyl (C=O) groups is 1. The van der Waals surface area contributed by atoms with Gasteiger partial charge in [0.15, 0.2) is 0 Å². The van der Waals surface area contributed by atoms with Gasteiger partial charge in [-0.15, -0.1) is 17.0 Å². The number of likely N-dealkylation sites (tertiary alicyclic amines) is 1. The summed E-state index contributed by atoms with van der Waals surface area (Å²) >= 11 is 0. The van der Waals surface area contributed by atoms with Crippen molar-refractivity contribution in [3.05, 3.63) is 48.0 Å². The van der Waals surface area contributed by atoms with Gasteiger partial charge in [0.2, 0.25) is 0 Å². The van der Waals surface area contributed by atoms with E-state index in [-0.39, 0.29) is 22.9 Å². The molecule has 5 heteroatoms. The fourth-order valence-corrected chi connectivity index (χ4v) is 4.07. The number of benzene rings is 1. The summed E-state index contributed by atoms with van der Waals surface area (Å²) in [5.74, 6) is -1.37. The number of halogens is 1. The standard InChI is InChI=1S/C13H14O2.C8H18NO.BrH/c14-13(15)12(11-8-4-5-9-11)10-6-2-1-3-7-10;1-2-9(7-8-10)5-3-4-6-9;/h1-4,6-8,11-12H,5,9H2,(H,14,15);10H,2-8H2,1H3;1H/q;+1;/p-1. The van der Waals surface area contributed by atoms with E-state index in [9.17, 15) is 9.90 Å². The minimum absolute atomic E-state index is 0. The van der Waals surface area contributed by atoms with Gasteiger partial charge in [-0.05, 0) is 31.2 Å². The van der Waals surface area contributed by atoms with Crippen molar-refractivity contribution in [2.45, 2.75) is 38.5 Å². The fourth-order valence-electron chi connectivity index (χ4n) is 4.07. The average molecular weight is 426 g/mol. The van der Waals surface area contributed by atoms with Crippen LogP contribution in [-0.2, 0) is 4.79 Å². The summed E-state index contributed by atoms with van der Waals surface area (Å²) in [4.78, 5) is 11.1. The maximum Gasteiger partial charge on any atom is 0.102 e. The molecule has 0 radical (unpaired) electrons. The molecular formula is C21H32BrNO3. The molecule has 1 aliphatic carbocycles. The first-order valence-electron chi connectivity index (χ1n) is 9.50. The topological polar surface area (TPSA) is 60.4 Å². The van der Waals surface area contributed by atoms with E-state index >= 15 is 0 Å². The maximum absolute atomic E-state index is 11.1. The van der Waals surface area contributed by atoms with Crippen LogP contribution < -0.4 is 5.11 Å². The molecule has 4 nitrogen and oxygen atoms in total. The highest BCUT2D eigenvalue weighted by Crippen LogP contribution is 2.32. The summed E-state index contributed by atoms with van der Waals surface area (Å²) in [7, 11) is 0. The molecule has 26 heavy (non-hydrogen) atoms. The van der Waals surface area contributed by atoms with E-state index < -0.39 is 11.9 Å². The molecule has 1 aliphatic heterocycles. The molecule has 1 aromatic rings. The van der Waals surface area contributed by atoms with Crippen LogP contribution in [0.3, 0.4) is 0 Å². The zero-order valence-electron chi connectivity index (χ0n) is 15.7. The highest BCUT2D eigenvalue weighted by Gasteiger charge is 2.28. The number of allylic oxidation sites excluding steroid dienone is 2. The number of hydrogen-bond donors (Lipinski definition) is 1. The average Bonchev–Trinajstić information content (AvgIpc) is 3.29. The molecule has 1 heterocycles. The molecule has 0 bridgehead atoms. The molecule has 1 N–H and O–H groups in total. The van der Waals surface area contributed by atoms with Crippen molar-refractivity contribution < 1.29 is 19.5 Å². The van der Waals surface area contributed by atoms with Gasteiger partial charge >= 0.3 is 0 Å². The Bertz CT molecular complexity index is 556. The molecule has 1 fully saturated rings.